The zero-order chi connectivity index (χ0) is 11.0. The Hall–Kier alpha value is -1.58. The molecule has 0 spiro atoms. The Balaban J connectivity index is 2.29. The lowest BCUT2D eigenvalue weighted by Gasteiger charge is -1.89. The standard InChI is InChI=1S/C11H16N4/c1-8-5-10(3)14(12-8)7-15-11(4)6-9(2)13-15/h5-6H,7H2,1-4H3/p+2. The maximum absolute atomic E-state index is 3.31. The molecule has 4 heteroatoms. The Morgan fingerprint density at radius 2 is 1.27 bits per heavy atom. The van der Waals surface area contributed by atoms with Crippen molar-refractivity contribution >= 4 is 0 Å². The molecule has 0 saturated heterocycles. The van der Waals surface area contributed by atoms with Crippen LogP contribution in [-0.4, -0.2) is 10.2 Å². The predicted octanol–water partition coefficient (Wildman–Crippen LogP) is 0.657. The van der Waals surface area contributed by atoms with Gasteiger partial charge < -0.3 is 0 Å². The van der Waals surface area contributed by atoms with Crippen molar-refractivity contribution in [2.24, 2.45) is 0 Å². The molecule has 2 rings (SSSR count). The van der Waals surface area contributed by atoms with Crippen LogP contribution in [0.25, 0.3) is 0 Å². The summed E-state index contributed by atoms with van der Waals surface area (Å²) in [5.74, 6) is 0. The minimum absolute atomic E-state index is 0.805. The van der Waals surface area contributed by atoms with Crippen LogP contribution in [0.5, 0.6) is 0 Å². The topological polar surface area (TPSA) is 39.3 Å². The number of hydrogen-bond acceptors (Lipinski definition) is 0. The quantitative estimate of drug-likeness (QED) is 0.678. The van der Waals surface area contributed by atoms with Gasteiger partial charge in [0.2, 0.25) is 11.4 Å². The average molecular weight is 206 g/mol. The second kappa shape index (κ2) is 3.53. The SMILES string of the molecule is Cc1cc(C)[n+](C[n+]2[nH]c(C)cc2C)[nH]1. The largest absolute Gasteiger partial charge is 0.386 e. The number of aromatic nitrogens is 4. The van der Waals surface area contributed by atoms with Crippen molar-refractivity contribution in [3.05, 3.63) is 34.9 Å². The minimum atomic E-state index is 0.805. The van der Waals surface area contributed by atoms with Crippen molar-refractivity contribution in [3.63, 3.8) is 0 Å². The highest BCUT2D eigenvalue weighted by molar-refractivity contribution is 4.99. The summed E-state index contributed by atoms with van der Waals surface area (Å²) in [7, 11) is 0. The van der Waals surface area contributed by atoms with Crippen LogP contribution in [0.2, 0.25) is 0 Å². The molecule has 2 aromatic rings. The van der Waals surface area contributed by atoms with Gasteiger partial charge in [0.15, 0.2) is 0 Å². The van der Waals surface area contributed by atoms with E-state index < -0.39 is 0 Å². The van der Waals surface area contributed by atoms with E-state index in [1.54, 1.807) is 0 Å². The van der Waals surface area contributed by atoms with Gasteiger partial charge in [-0.3, -0.25) is 0 Å². The van der Waals surface area contributed by atoms with Crippen LogP contribution in [-0.2, 0) is 6.67 Å². The van der Waals surface area contributed by atoms with E-state index in [0.29, 0.717) is 0 Å². The molecule has 2 heterocycles. The van der Waals surface area contributed by atoms with Crippen molar-refractivity contribution in [1.29, 1.82) is 0 Å². The molecule has 0 aliphatic rings. The summed E-state index contributed by atoms with van der Waals surface area (Å²) in [4.78, 5) is 0. The highest BCUT2D eigenvalue weighted by atomic mass is 15.4. The van der Waals surface area contributed by atoms with Crippen LogP contribution in [0.1, 0.15) is 22.8 Å². The molecule has 2 aromatic heterocycles. The molecule has 0 bridgehead atoms. The molecule has 0 aromatic carbocycles. The third-order valence-electron chi connectivity index (χ3n) is 2.61. The predicted molar refractivity (Wildman–Crippen MR) is 56.3 cm³/mol. The van der Waals surface area contributed by atoms with Gasteiger partial charge in [-0.25, -0.2) is 0 Å². The molecule has 15 heavy (non-hydrogen) atoms. The van der Waals surface area contributed by atoms with Crippen LogP contribution >= 0.6 is 0 Å². The monoisotopic (exact) mass is 206 g/mol. The molecule has 0 aliphatic heterocycles. The maximum Gasteiger partial charge on any atom is 0.386 e. The number of aromatic amines is 2. The van der Waals surface area contributed by atoms with Crippen LogP contribution in [0.15, 0.2) is 12.1 Å². The Bertz CT molecular complexity index is 434. The van der Waals surface area contributed by atoms with Gasteiger partial charge in [0, 0.05) is 26.0 Å². The molecule has 0 saturated carbocycles. The fourth-order valence-electron chi connectivity index (χ4n) is 1.88. The lowest BCUT2D eigenvalue weighted by atomic mass is 10.4. The van der Waals surface area contributed by atoms with E-state index in [1.165, 1.54) is 22.8 Å². The van der Waals surface area contributed by atoms with E-state index in [0.717, 1.165) is 6.67 Å². The van der Waals surface area contributed by atoms with Gasteiger partial charge >= 0.3 is 6.67 Å². The van der Waals surface area contributed by atoms with Gasteiger partial charge in [-0.05, 0) is 13.8 Å². The van der Waals surface area contributed by atoms with E-state index in [-0.39, 0.29) is 0 Å². The highest BCUT2D eigenvalue weighted by Gasteiger charge is 2.18. The Morgan fingerprint density at radius 3 is 1.53 bits per heavy atom. The molecule has 2 N–H and O–H groups in total. The lowest BCUT2D eigenvalue weighted by molar-refractivity contribution is -0.963. The van der Waals surface area contributed by atoms with Gasteiger partial charge in [-0.1, -0.05) is 9.36 Å². The van der Waals surface area contributed by atoms with Gasteiger partial charge in [0.05, 0.1) is 11.4 Å². The third kappa shape index (κ3) is 1.93. The van der Waals surface area contributed by atoms with Crippen LogP contribution in [0.3, 0.4) is 0 Å². The molecule has 0 amide bonds. The van der Waals surface area contributed by atoms with E-state index in [9.17, 15) is 0 Å². The average Bonchev–Trinajstić information content (AvgIpc) is 2.58. The molecule has 4 nitrogen and oxygen atoms in total. The first-order chi connectivity index (χ1) is 7.06. The van der Waals surface area contributed by atoms with E-state index in [2.05, 4.69) is 59.4 Å². The summed E-state index contributed by atoms with van der Waals surface area (Å²) < 4.78 is 4.25. The number of hydrogen-bond donors (Lipinski definition) is 2. The zero-order valence-electron chi connectivity index (χ0n) is 9.76. The van der Waals surface area contributed by atoms with Crippen LogP contribution in [0.4, 0.5) is 0 Å². The summed E-state index contributed by atoms with van der Waals surface area (Å²) in [5.41, 5.74) is 4.86. The first-order valence-electron chi connectivity index (χ1n) is 5.18. The smallest absolute Gasteiger partial charge is 0.164 e. The molecule has 80 valence electrons. The molecule has 0 radical (unpaired) electrons. The number of H-pyrrole nitrogens is 2. The fraction of sp³-hybridized carbons (Fsp3) is 0.455. The zero-order valence-corrected chi connectivity index (χ0v) is 9.76. The summed E-state index contributed by atoms with van der Waals surface area (Å²) in [6.07, 6.45) is 0. The van der Waals surface area contributed by atoms with Crippen molar-refractivity contribution in [2.75, 3.05) is 0 Å². The summed E-state index contributed by atoms with van der Waals surface area (Å²) >= 11 is 0. The maximum atomic E-state index is 3.31. The second-order valence-corrected chi connectivity index (χ2v) is 4.16. The molecule has 0 aliphatic carbocycles. The minimum Gasteiger partial charge on any atom is -0.164 e. The Labute approximate surface area is 89.5 Å². The molecule has 0 unspecified atom stereocenters. The van der Waals surface area contributed by atoms with Crippen LogP contribution in [0, 0.1) is 27.7 Å². The highest BCUT2D eigenvalue weighted by Crippen LogP contribution is 1.94. The number of nitrogens with one attached hydrogen (secondary N) is 2. The number of rotatable bonds is 2. The van der Waals surface area contributed by atoms with Gasteiger partial charge in [0.1, 0.15) is 0 Å². The first kappa shape index (κ1) is 9.96. The molecular formula is C11H18N4+2. The first-order valence-corrected chi connectivity index (χ1v) is 5.18. The Kier molecular flexibility index (Phi) is 2.34. The number of nitrogens with zero attached hydrogens (tertiary/aromatic N) is 2. The van der Waals surface area contributed by atoms with Crippen molar-refractivity contribution in [1.82, 2.24) is 10.2 Å². The number of aryl methyl sites for hydroxylation is 4. The Morgan fingerprint density at radius 1 is 0.867 bits per heavy atom. The van der Waals surface area contributed by atoms with Gasteiger partial charge in [-0.2, -0.15) is 10.2 Å². The van der Waals surface area contributed by atoms with Crippen molar-refractivity contribution in [2.45, 2.75) is 34.4 Å². The van der Waals surface area contributed by atoms with E-state index in [1.807, 2.05) is 0 Å². The van der Waals surface area contributed by atoms with E-state index in [4.69, 9.17) is 0 Å². The summed E-state index contributed by atoms with van der Waals surface area (Å²) in [6.45, 7) is 9.16. The van der Waals surface area contributed by atoms with Crippen molar-refractivity contribution in [3.8, 4) is 0 Å². The molecular weight excluding hydrogens is 188 g/mol. The second-order valence-electron chi connectivity index (χ2n) is 4.16. The summed E-state index contributed by atoms with van der Waals surface area (Å²) in [6, 6.07) is 4.29. The van der Waals surface area contributed by atoms with Gasteiger partial charge in [0.25, 0.3) is 0 Å². The lowest BCUT2D eigenvalue weighted by Crippen LogP contribution is -2.56. The van der Waals surface area contributed by atoms with Gasteiger partial charge in [-0.15, -0.1) is 0 Å². The van der Waals surface area contributed by atoms with Crippen LogP contribution < -0.4 is 9.36 Å². The molecule has 0 fully saturated rings. The van der Waals surface area contributed by atoms with E-state index >= 15 is 0 Å². The molecule has 0 atom stereocenters. The fourth-order valence-corrected chi connectivity index (χ4v) is 1.88. The summed E-state index contributed by atoms with van der Waals surface area (Å²) in [5, 5.41) is 6.61. The third-order valence-corrected chi connectivity index (χ3v) is 2.61. The normalized spacial score (nSPS) is 10.9. The van der Waals surface area contributed by atoms with Crippen molar-refractivity contribution < 1.29 is 9.36 Å².